The van der Waals surface area contributed by atoms with Crippen molar-refractivity contribution < 1.29 is 4.74 Å². The van der Waals surface area contributed by atoms with Gasteiger partial charge in [0.25, 0.3) is 5.56 Å². The van der Waals surface area contributed by atoms with Crippen molar-refractivity contribution in [1.29, 1.82) is 0 Å². The van der Waals surface area contributed by atoms with E-state index in [0.29, 0.717) is 6.67 Å². The molecule has 1 aromatic heterocycles. The molecule has 0 spiro atoms. The molecule has 1 fully saturated rings. The molecule has 0 aromatic carbocycles. The van der Waals surface area contributed by atoms with Crippen molar-refractivity contribution in [2.24, 2.45) is 0 Å². The van der Waals surface area contributed by atoms with E-state index in [-0.39, 0.29) is 5.56 Å². The van der Waals surface area contributed by atoms with Crippen LogP contribution in [0.4, 0.5) is 0 Å². The summed E-state index contributed by atoms with van der Waals surface area (Å²) in [6.45, 7) is 4.01. The molecule has 0 amide bonds. The normalized spacial score (nSPS) is 18.3. The van der Waals surface area contributed by atoms with Crippen molar-refractivity contribution in [1.82, 2.24) is 9.47 Å². The molecule has 0 bridgehead atoms. The van der Waals surface area contributed by atoms with Crippen molar-refractivity contribution in [3.05, 3.63) is 34.7 Å². The van der Waals surface area contributed by atoms with E-state index in [4.69, 9.17) is 4.74 Å². The van der Waals surface area contributed by atoms with E-state index in [1.165, 1.54) is 0 Å². The Hall–Kier alpha value is -1.13. The van der Waals surface area contributed by atoms with Gasteiger partial charge in [-0.05, 0) is 6.07 Å². The molecule has 1 aliphatic heterocycles. The fourth-order valence-corrected chi connectivity index (χ4v) is 1.54. The Morgan fingerprint density at radius 1 is 1.29 bits per heavy atom. The highest BCUT2D eigenvalue weighted by Gasteiger charge is 2.10. The summed E-state index contributed by atoms with van der Waals surface area (Å²) in [4.78, 5) is 13.6. The molecule has 0 N–H and O–H groups in total. The minimum Gasteiger partial charge on any atom is -0.379 e. The Morgan fingerprint density at radius 3 is 2.79 bits per heavy atom. The zero-order chi connectivity index (χ0) is 9.80. The van der Waals surface area contributed by atoms with E-state index >= 15 is 0 Å². The predicted octanol–water partition coefficient (Wildman–Crippen LogP) is 0.138. The number of pyridine rings is 1. The van der Waals surface area contributed by atoms with Gasteiger partial charge in [-0.3, -0.25) is 9.69 Å². The van der Waals surface area contributed by atoms with Crippen molar-refractivity contribution in [3.8, 4) is 0 Å². The van der Waals surface area contributed by atoms with Gasteiger partial charge in [0.2, 0.25) is 0 Å². The summed E-state index contributed by atoms with van der Waals surface area (Å²) < 4.78 is 6.95. The molecule has 2 rings (SSSR count). The van der Waals surface area contributed by atoms with Crippen molar-refractivity contribution in [3.63, 3.8) is 0 Å². The third-order valence-corrected chi connectivity index (χ3v) is 2.36. The van der Waals surface area contributed by atoms with Crippen LogP contribution in [0, 0.1) is 0 Å². The largest absolute Gasteiger partial charge is 0.379 e. The molecule has 0 saturated carbocycles. The highest BCUT2D eigenvalue weighted by atomic mass is 16.5. The number of morpholine rings is 1. The maximum Gasteiger partial charge on any atom is 0.251 e. The maximum atomic E-state index is 11.4. The Labute approximate surface area is 82.7 Å². The average Bonchev–Trinajstić information content (AvgIpc) is 2.23. The molecule has 0 atom stereocenters. The Balaban J connectivity index is 2.03. The van der Waals surface area contributed by atoms with Crippen LogP contribution in [0.15, 0.2) is 29.2 Å². The van der Waals surface area contributed by atoms with Crippen LogP contribution < -0.4 is 5.56 Å². The number of hydrogen-bond donors (Lipinski definition) is 0. The van der Waals surface area contributed by atoms with Gasteiger partial charge in [0.05, 0.1) is 19.9 Å². The van der Waals surface area contributed by atoms with Gasteiger partial charge in [0.1, 0.15) is 0 Å². The van der Waals surface area contributed by atoms with E-state index < -0.39 is 0 Å². The van der Waals surface area contributed by atoms with E-state index in [0.717, 1.165) is 26.3 Å². The molecule has 4 nitrogen and oxygen atoms in total. The number of ether oxygens (including phenoxy) is 1. The summed E-state index contributed by atoms with van der Waals surface area (Å²) in [6, 6.07) is 5.22. The van der Waals surface area contributed by atoms with E-state index in [1.807, 2.05) is 12.3 Å². The number of aromatic nitrogens is 1. The third-order valence-electron chi connectivity index (χ3n) is 2.36. The Morgan fingerprint density at radius 2 is 2.07 bits per heavy atom. The molecule has 4 heteroatoms. The Bertz CT molecular complexity index is 342. The van der Waals surface area contributed by atoms with Gasteiger partial charge < -0.3 is 9.30 Å². The summed E-state index contributed by atoms with van der Waals surface area (Å²) >= 11 is 0. The first-order valence-corrected chi connectivity index (χ1v) is 4.82. The Kier molecular flexibility index (Phi) is 2.96. The van der Waals surface area contributed by atoms with Gasteiger partial charge in [-0.25, -0.2) is 0 Å². The second-order valence-electron chi connectivity index (χ2n) is 3.38. The standard InChI is InChI=1S/C10H14N2O2/c13-10-3-1-2-4-12(10)9-11-5-7-14-8-6-11/h1-4H,5-9H2. The zero-order valence-electron chi connectivity index (χ0n) is 8.06. The average molecular weight is 194 g/mol. The molecule has 2 heterocycles. The summed E-state index contributed by atoms with van der Waals surface area (Å²) in [6.07, 6.45) is 1.82. The molecule has 1 aromatic rings. The summed E-state index contributed by atoms with van der Waals surface area (Å²) in [7, 11) is 0. The van der Waals surface area contributed by atoms with E-state index in [1.54, 1.807) is 16.7 Å². The van der Waals surface area contributed by atoms with Crippen molar-refractivity contribution in [2.75, 3.05) is 26.3 Å². The van der Waals surface area contributed by atoms with Crippen LogP contribution in [0.25, 0.3) is 0 Å². The molecule has 76 valence electrons. The predicted molar refractivity (Wildman–Crippen MR) is 53.1 cm³/mol. The van der Waals surface area contributed by atoms with Gasteiger partial charge in [-0.15, -0.1) is 0 Å². The topological polar surface area (TPSA) is 34.5 Å². The van der Waals surface area contributed by atoms with Gasteiger partial charge in [0, 0.05) is 25.4 Å². The minimum atomic E-state index is 0.0546. The molecule has 0 unspecified atom stereocenters. The first-order chi connectivity index (χ1) is 6.86. The van der Waals surface area contributed by atoms with Crippen LogP contribution in [0.2, 0.25) is 0 Å². The van der Waals surface area contributed by atoms with Crippen molar-refractivity contribution in [2.45, 2.75) is 6.67 Å². The lowest BCUT2D eigenvalue weighted by Crippen LogP contribution is -2.39. The monoisotopic (exact) mass is 194 g/mol. The molecule has 14 heavy (non-hydrogen) atoms. The molecular formula is C10H14N2O2. The highest BCUT2D eigenvalue weighted by molar-refractivity contribution is 4.93. The number of nitrogens with zero attached hydrogens (tertiary/aromatic N) is 2. The van der Waals surface area contributed by atoms with Crippen LogP contribution >= 0.6 is 0 Å². The lowest BCUT2D eigenvalue weighted by atomic mass is 10.4. The van der Waals surface area contributed by atoms with E-state index in [2.05, 4.69) is 4.90 Å². The maximum absolute atomic E-state index is 11.4. The summed E-state index contributed by atoms with van der Waals surface area (Å²) in [5.41, 5.74) is 0.0546. The second-order valence-corrected chi connectivity index (χ2v) is 3.38. The highest BCUT2D eigenvalue weighted by Crippen LogP contribution is 1.97. The molecule has 0 radical (unpaired) electrons. The first kappa shape index (κ1) is 9.43. The lowest BCUT2D eigenvalue weighted by molar-refractivity contribution is 0.0228. The van der Waals surface area contributed by atoms with Gasteiger partial charge in [-0.1, -0.05) is 6.07 Å². The third kappa shape index (κ3) is 2.21. The van der Waals surface area contributed by atoms with Gasteiger partial charge in [-0.2, -0.15) is 0 Å². The quantitative estimate of drug-likeness (QED) is 0.671. The van der Waals surface area contributed by atoms with Crippen LogP contribution in [0.5, 0.6) is 0 Å². The molecule has 0 aliphatic carbocycles. The summed E-state index contributed by atoms with van der Waals surface area (Å²) in [5.74, 6) is 0. The number of rotatable bonds is 2. The SMILES string of the molecule is O=c1ccccn1CN1CCOCC1. The second kappa shape index (κ2) is 4.39. The van der Waals surface area contributed by atoms with Crippen LogP contribution in [-0.2, 0) is 11.4 Å². The smallest absolute Gasteiger partial charge is 0.251 e. The van der Waals surface area contributed by atoms with Crippen molar-refractivity contribution >= 4 is 0 Å². The van der Waals surface area contributed by atoms with Crippen LogP contribution in [-0.4, -0.2) is 35.8 Å². The summed E-state index contributed by atoms with van der Waals surface area (Å²) in [5, 5.41) is 0. The van der Waals surface area contributed by atoms with E-state index in [9.17, 15) is 4.79 Å². The fraction of sp³-hybridized carbons (Fsp3) is 0.500. The van der Waals surface area contributed by atoms with Crippen LogP contribution in [0.1, 0.15) is 0 Å². The number of hydrogen-bond acceptors (Lipinski definition) is 3. The van der Waals surface area contributed by atoms with Gasteiger partial charge in [0.15, 0.2) is 0 Å². The van der Waals surface area contributed by atoms with Gasteiger partial charge >= 0.3 is 0 Å². The molecule has 1 aliphatic rings. The molecular weight excluding hydrogens is 180 g/mol. The molecule has 1 saturated heterocycles. The zero-order valence-corrected chi connectivity index (χ0v) is 8.06. The minimum absolute atomic E-state index is 0.0546. The lowest BCUT2D eigenvalue weighted by Gasteiger charge is -2.26. The first-order valence-electron chi connectivity index (χ1n) is 4.82. The van der Waals surface area contributed by atoms with Crippen LogP contribution in [0.3, 0.4) is 0 Å². The fourth-order valence-electron chi connectivity index (χ4n) is 1.54.